The quantitative estimate of drug-likeness (QED) is 0.0839. The van der Waals surface area contributed by atoms with Crippen molar-refractivity contribution in [3.8, 4) is 0 Å². The van der Waals surface area contributed by atoms with Gasteiger partial charge in [0.2, 0.25) is 0 Å². The Morgan fingerprint density at radius 1 is 0.929 bits per heavy atom. The van der Waals surface area contributed by atoms with Crippen molar-refractivity contribution in [3.63, 3.8) is 0 Å². The van der Waals surface area contributed by atoms with Crippen LogP contribution in [0.25, 0.3) is 10.4 Å². The van der Waals surface area contributed by atoms with Crippen molar-refractivity contribution >= 4 is 5.69 Å². The van der Waals surface area contributed by atoms with Crippen molar-refractivity contribution in [1.29, 1.82) is 0 Å². The zero-order valence-electron chi connectivity index (χ0n) is 13.6. The molecule has 6 N–H and O–H groups in total. The minimum absolute atomic E-state index is 1.04. The molecule has 158 valence electrons. The highest BCUT2D eigenvalue weighted by atomic mass is 19.3. The summed E-state index contributed by atoms with van der Waals surface area (Å²) < 4.78 is 82.8. The zero-order chi connectivity index (χ0) is 21.8. The Hall–Kier alpha value is -2.13. The Kier molecular flexibility index (Phi) is 8.01. The number of rotatable bonds is 9. The van der Waals surface area contributed by atoms with E-state index in [0.717, 1.165) is 5.32 Å². The summed E-state index contributed by atoms with van der Waals surface area (Å²) in [5.41, 5.74) is 3.85. The second-order valence-electron chi connectivity index (χ2n) is 5.42. The van der Waals surface area contributed by atoms with Gasteiger partial charge in [0.1, 0.15) is 29.6 Å². The van der Waals surface area contributed by atoms with E-state index >= 15 is 0 Å². The predicted octanol–water partition coefficient (Wildman–Crippen LogP) is 0.260. The smallest absolute Gasteiger partial charge is 0.335 e. The Morgan fingerprint density at radius 3 is 1.82 bits per heavy atom. The van der Waals surface area contributed by atoms with Crippen molar-refractivity contribution in [1.82, 2.24) is 5.32 Å². The maximum Gasteiger partial charge on any atom is 0.335 e. The van der Waals surface area contributed by atoms with Gasteiger partial charge in [-0.3, -0.25) is 5.32 Å². The average Bonchev–Trinajstić information content (AvgIpc) is 2.65. The normalized spacial score (nSPS) is 16.2. The SMILES string of the molecule is [N-]=[N+]=Nc1c(F)c(F)c(C(F)(F)NC[C@H](O)[C@@H](O)[C@H](O)[C@H](O)CO)c(F)c1F. The molecular formula is C13H14F6N4O5. The highest BCUT2D eigenvalue weighted by molar-refractivity contribution is 5.45. The zero-order valence-corrected chi connectivity index (χ0v) is 13.6. The van der Waals surface area contributed by atoms with Gasteiger partial charge in [-0.15, -0.1) is 0 Å². The summed E-state index contributed by atoms with van der Waals surface area (Å²) in [6, 6.07) is -4.84. The first kappa shape index (κ1) is 23.9. The molecule has 0 radical (unpaired) electrons. The van der Waals surface area contributed by atoms with E-state index in [-0.39, 0.29) is 0 Å². The van der Waals surface area contributed by atoms with E-state index in [1.165, 1.54) is 0 Å². The number of aliphatic hydroxyl groups excluding tert-OH is 5. The van der Waals surface area contributed by atoms with Crippen LogP contribution in [0.2, 0.25) is 0 Å². The molecule has 0 spiro atoms. The molecular weight excluding hydrogens is 406 g/mol. The van der Waals surface area contributed by atoms with Gasteiger partial charge in [-0.2, -0.15) is 8.78 Å². The molecule has 1 rings (SSSR count). The molecule has 0 unspecified atom stereocenters. The van der Waals surface area contributed by atoms with E-state index in [1.807, 2.05) is 4.91 Å². The fourth-order valence-electron chi connectivity index (χ4n) is 2.03. The Bertz CT molecular complexity index is 734. The molecule has 0 bridgehead atoms. The van der Waals surface area contributed by atoms with Crippen molar-refractivity contribution in [2.24, 2.45) is 5.11 Å². The lowest BCUT2D eigenvalue weighted by molar-refractivity contribution is -0.123. The summed E-state index contributed by atoms with van der Waals surface area (Å²) in [6.45, 7) is -2.44. The first-order valence-electron chi connectivity index (χ1n) is 7.28. The number of hydrogen-bond acceptors (Lipinski definition) is 7. The van der Waals surface area contributed by atoms with Crippen LogP contribution in [0.1, 0.15) is 5.56 Å². The maximum absolute atomic E-state index is 14.0. The summed E-state index contributed by atoms with van der Waals surface area (Å²) in [5.74, 6) is -9.94. The number of nitrogens with one attached hydrogen (secondary N) is 1. The van der Waals surface area contributed by atoms with E-state index in [1.54, 1.807) is 0 Å². The molecule has 0 aliphatic carbocycles. The van der Waals surface area contributed by atoms with Crippen LogP contribution in [-0.2, 0) is 6.05 Å². The highest BCUT2D eigenvalue weighted by Crippen LogP contribution is 2.37. The molecule has 0 aliphatic heterocycles. The standard InChI is InChI=1S/C13H14F6N4O5/c14-6-5(7(15)9(17)10(8(6)16)22-23-20)13(18,19)21-1-3(25)11(27)12(28)4(26)2-24/h3-4,11-12,21,24-28H,1-2H2/t3-,4+,11+,12+/m0/s1. The van der Waals surface area contributed by atoms with Crippen molar-refractivity contribution < 1.29 is 51.9 Å². The topological polar surface area (TPSA) is 162 Å². The lowest BCUT2D eigenvalue weighted by Crippen LogP contribution is -2.51. The summed E-state index contributed by atoms with van der Waals surface area (Å²) in [6.07, 6.45) is -8.69. The fourth-order valence-corrected chi connectivity index (χ4v) is 2.03. The first-order valence-corrected chi connectivity index (χ1v) is 7.28. The van der Waals surface area contributed by atoms with E-state index in [2.05, 4.69) is 5.11 Å². The third-order valence-electron chi connectivity index (χ3n) is 3.56. The van der Waals surface area contributed by atoms with Crippen LogP contribution in [0.4, 0.5) is 32.0 Å². The van der Waals surface area contributed by atoms with E-state index in [0.29, 0.717) is 0 Å². The van der Waals surface area contributed by atoms with Crippen LogP contribution in [0, 0.1) is 23.3 Å². The highest BCUT2D eigenvalue weighted by Gasteiger charge is 2.43. The van der Waals surface area contributed by atoms with Gasteiger partial charge in [0, 0.05) is 11.5 Å². The Morgan fingerprint density at radius 2 is 1.39 bits per heavy atom. The Balaban J connectivity index is 3.13. The number of halogens is 6. The van der Waals surface area contributed by atoms with Gasteiger partial charge in [-0.05, 0) is 5.53 Å². The molecule has 0 saturated carbocycles. The van der Waals surface area contributed by atoms with E-state index in [9.17, 15) is 41.7 Å². The maximum atomic E-state index is 14.0. The molecule has 15 heteroatoms. The van der Waals surface area contributed by atoms with Crippen LogP contribution in [0.15, 0.2) is 5.11 Å². The van der Waals surface area contributed by atoms with Gasteiger partial charge in [0.25, 0.3) is 0 Å². The number of benzene rings is 1. The van der Waals surface area contributed by atoms with Gasteiger partial charge in [-0.25, -0.2) is 17.6 Å². The molecule has 1 aromatic carbocycles. The molecule has 0 amide bonds. The van der Waals surface area contributed by atoms with Crippen LogP contribution in [0.5, 0.6) is 0 Å². The number of hydrogen-bond donors (Lipinski definition) is 6. The lowest BCUT2D eigenvalue weighted by Gasteiger charge is -2.27. The van der Waals surface area contributed by atoms with Crippen LogP contribution in [-0.4, -0.2) is 63.1 Å². The average molecular weight is 420 g/mol. The minimum atomic E-state index is -4.84. The third kappa shape index (κ3) is 4.82. The van der Waals surface area contributed by atoms with Gasteiger partial charge >= 0.3 is 6.05 Å². The molecule has 0 saturated heterocycles. The lowest BCUT2D eigenvalue weighted by atomic mass is 10.0. The number of nitrogens with zero attached hydrogens (tertiary/aromatic N) is 3. The van der Waals surface area contributed by atoms with Crippen LogP contribution in [0.3, 0.4) is 0 Å². The summed E-state index contributed by atoms with van der Waals surface area (Å²) in [7, 11) is 0. The molecule has 9 nitrogen and oxygen atoms in total. The second kappa shape index (κ2) is 9.38. The predicted molar refractivity (Wildman–Crippen MR) is 78.1 cm³/mol. The van der Waals surface area contributed by atoms with E-state index in [4.69, 9.17) is 15.7 Å². The summed E-state index contributed by atoms with van der Waals surface area (Å²) in [5, 5.41) is 49.4. The number of aliphatic hydroxyl groups is 5. The molecule has 4 atom stereocenters. The molecule has 0 aromatic heterocycles. The molecule has 28 heavy (non-hydrogen) atoms. The van der Waals surface area contributed by atoms with Gasteiger partial charge in [0.05, 0.1) is 12.7 Å². The van der Waals surface area contributed by atoms with Crippen LogP contribution >= 0.6 is 0 Å². The fraction of sp³-hybridized carbons (Fsp3) is 0.538. The molecule has 1 aromatic rings. The molecule has 0 heterocycles. The minimum Gasteiger partial charge on any atom is -0.394 e. The summed E-state index contributed by atoms with van der Waals surface area (Å²) in [4.78, 5) is 1.90. The summed E-state index contributed by atoms with van der Waals surface area (Å²) >= 11 is 0. The van der Waals surface area contributed by atoms with E-state index < -0.39 is 78.1 Å². The van der Waals surface area contributed by atoms with Gasteiger partial charge in [-0.1, -0.05) is 5.11 Å². The van der Waals surface area contributed by atoms with Crippen molar-refractivity contribution in [3.05, 3.63) is 39.3 Å². The van der Waals surface area contributed by atoms with Gasteiger partial charge in [0.15, 0.2) is 23.3 Å². The largest absolute Gasteiger partial charge is 0.394 e. The monoisotopic (exact) mass is 420 g/mol. The molecule has 0 fully saturated rings. The van der Waals surface area contributed by atoms with Crippen molar-refractivity contribution in [2.45, 2.75) is 30.5 Å². The number of alkyl halides is 2. The molecule has 0 aliphatic rings. The second-order valence-corrected chi connectivity index (χ2v) is 5.42. The Labute approximate surface area is 152 Å². The number of azide groups is 1. The third-order valence-corrected chi connectivity index (χ3v) is 3.56. The van der Waals surface area contributed by atoms with Crippen molar-refractivity contribution in [2.75, 3.05) is 13.2 Å². The van der Waals surface area contributed by atoms with Gasteiger partial charge < -0.3 is 25.5 Å². The first-order chi connectivity index (χ1) is 12.9. The van der Waals surface area contributed by atoms with Crippen LogP contribution < -0.4 is 5.32 Å².